The van der Waals surface area contributed by atoms with Crippen LogP contribution in [0.15, 0.2) is 67.0 Å². The number of aryl methyl sites for hydroxylation is 1. The first-order valence-corrected chi connectivity index (χ1v) is 10.6. The predicted octanol–water partition coefficient (Wildman–Crippen LogP) is 4.81. The maximum Gasteiger partial charge on any atom is 0.161 e. The van der Waals surface area contributed by atoms with Gasteiger partial charge in [-0.05, 0) is 53.8 Å². The number of ether oxygens (including phenoxy) is 2. The second-order valence-electron chi connectivity index (χ2n) is 8.14. The number of imidazole rings is 1. The molecule has 1 aliphatic heterocycles. The number of rotatable bonds is 5. The van der Waals surface area contributed by atoms with E-state index in [0.29, 0.717) is 0 Å². The Morgan fingerprint density at radius 3 is 2.52 bits per heavy atom. The van der Waals surface area contributed by atoms with Crippen molar-refractivity contribution in [1.82, 2.24) is 14.3 Å². The van der Waals surface area contributed by atoms with Gasteiger partial charge in [0.05, 0.1) is 26.0 Å². The number of hydrogen-bond donors (Lipinski definition) is 0. The van der Waals surface area contributed by atoms with Crippen LogP contribution in [0, 0.1) is 6.92 Å². The SMILES string of the molecule is COc1cc2c(cc1OC)[C@H](c1ccccc1)N(Cc1cn3cc(C)ccc3n1)CC2. The standard InChI is InChI=1S/C26H27N3O2/c1-18-9-10-25-27-21(17-29(25)15-18)16-28-12-11-20-13-23(30-2)24(31-3)14-22(20)26(28)19-7-5-4-6-8-19/h4-10,13-15,17,26H,11-12,16H2,1-3H3/t26-/m0/s1. The third kappa shape index (κ3) is 3.66. The van der Waals surface area contributed by atoms with Crippen molar-refractivity contribution in [2.45, 2.75) is 25.9 Å². The molecule has 0 unspecified atom stereocenters. The van der Waals surface area contributed by atoms with E-state index >= 15 is 0 Å². The Morgan fingerprint density at radius 2 is 1.74 bits per heavy atom. The minimum Gasteiger partial charge on any atom is -0.493 e. The second kappa shape index (κ2) is 8.08. The van der Waals surface area contributed by atoms with Crippen molar-refractivity contribution in [1.29, 1.82) is 0 Å². The third-order valence-corrected chi connectivity index (χ3v) is 6.10. The average molecular weight is 414 g/mol. The zero-order chi connectivity index (χ0) is 21.4. The van der Waals surface area contributed by atoms with Crippen molar-refractivity contribution in [3.05, 3.63) is 94.9 Å². The number of benzene rings is 2. The van der Waals surface area contributed by atoms with E-state index in [1.165, 1.54) is 22.3 Å². The highest BCUT2D eigenvalue weighted by Gasteiger charge is 2.30. The van der Waals surface area contributed by atoms with Crippen LogP contribution < -0.4 is 9.47 Å². The number of pyridine rings is 1. The molecule has 1 aliphatic rings. The van der Waals surface area contributed by atoms with Gasteiger partial charge in [-0.3, -0.25) is 4.90 Å². The van der Waals surface area contributed by atoms with Gasteiger partial charge >= 0.3 is 0 Å². The first kappa shape index (κ1) is 19.6. The molecule has 0 saturated carbocycles. The van der Waals surface area contributed by atoms with E-state index in [9.17, 15) is 0 Å². The van der Waals surface area contributed by atoms with Crippen LogP contribution >= 0.6 is 0 Å². The lowest BCUT2D eigenvalue weighted by molar-refractivity contribution is 0.201. The molecular formula is C26H27N3O2. The highest BCUT2D eigenvalue weighted by Crippen LogP contribution is 2.41. The van der Waals surface area contributed by atoms with Crippen LogP contribution in [0.2, 0.25) is 0 Å². The minimum absolute atomic E-state index is 0.135. The second-order valence-corrected chi connectivity index (χ2v) is 8.14. The Balaban J connectivity index is 1.56. The maximum absolute atomic E-state index is 5.63. The molecule has 0 amide bonds. The summed E-state index contributed by atoms with van der Waals surface area (Å²) in [5.74, 6) is 1.56. The lowest BCUT2D eigenvalue weighted by Crippen LogP contribution is -2.35. The normalized spacial score (nSPS) is 16.3. The van der Waals surface area contributed by atoms with Crippen LogP contribution in [0.4, 0.5) is 0 Å². The molecule has 158 valence electrons. The highest BCUT2D eigenvalue weighted by molar-refractivity contribution is 5.51. The topological polar surface area (TPSA) is 39.0 Å². The molecule has 5 heteroatoms. The van der Waals surface area contributed by atoms with Gasteiger partial charge in [-0.15, -0.1) is 0 Å². The van der Waals surface area contributed by atoms with Crippen LogP contribution in [-0.2, 0) is 13.0 Å². The van der Waals surface area contributed by atoms with Gasteiger partial charge in [0.1, 0.15) is 5.65 Å². The number of methoxy groups -OCH3 is 2. The van der Waals surface area contributed by atoms with Crippen LogP contribution in [0.3, 0.4) is 0 Å². The highest BCUT2D eigenvalue weighted by atomic mass is 16.5. The molecule has 4 aromatic rings. The van der Waals surface area contributed by atoms with Crippen molar-refractivity contribution in [3.8, 4) is 11.5 Å². The molecule has 5 nitrogen and oxygen atoms in total. The lowest BCUT2D eigenvalue weighted by atomic mass is 9.87. The summed E-state index contributed by atoms with van der Waals surface area (Å²) in [6.45, 7) is 3.84. The molecule has 0 aliphatic carbocycles. The smallest absolute Gasteiger partial charge is 0.161 e. The van der Waals surface area contributed by atoms with Gasteiger partial charge in [-0.25, -0.2) is 4.98 Å². The van der Waals surface area contributed by atoms with E-state index in [0.717, 1.165) is 42.4 Å². The Hall–Kier alpha value is -3.31. The molecule has 0 bridgehead atoms. The van der Waals surface area contributed by atoms with Crippen molar-refractivity contribution in [2.24, 2.45) is 0 Å². The fraction of sp³-hybridized carbons (Fsp3) is 0.269. The first-order chi connectivity index (χ1) is 15.2. The van der Waals surface area contributed by atoms with Crippen molar-refractivity contribution in [3.63, 3.8) is 0 Å². The lowest BCUT2D eigenvalue weighted by Gasteiger charge is -2.37. The van der Waals surface area contributed by atoms with Gasteiger partial charge in [0.15, 0.2) is 11.5 Å². The molecular weight excluding hydrogens is 386 g/mol. The molecule has 1 atom stereocenters. The molecule has 0 spiro atoms. The number of hydrogen-bond acceptors (Lipinski definition) is 4. The molecule has 31 heavy (non-hydrogen) atoms. The Labute approximate surface area is 182 Å². The summed E-state index contributed by atoms with van der Waals surface area (Å²) in [5, 5.41) is 0. The summed E-state index contributed by atoms with van der Waals surface area (Å²) in [4.78, 5) is 7.38. The average Bonchev–Trinajstić information content (AvgIpc) is 3.19. The number of aromatic nitrogens is 2. The predicted molar refractivity (Wildman–Crippen MR) is 122 cm³/mol. The molecule has 0 saturated heterocycles. The van der Waals surface area contributed by atoms with Crippen molar-refractivity contribution in [2.75, 3.05) is 20.8 Å². The monoisotopic (exact) mass is 413 g/mol. The van der Waals surface area contributed by atoms with E-state index in [2.05, 4.69) is 83.2 Å². The Bertz CT molecular complexity index is 1220. The van der Waals surface area contributed by atoms with Gasteiger partial charge in [-0.1, -0.05) is 36.4 Å². The minimum atomic E-state index is 0.135. The number of nitrogens with zero attached hydrogens (tertiary/aromatic N) is 3. The molecule has 5 rings (SSSR count). The zero-order valence-electron chi connectivity index (χ0n) is 18.2. The summed E-state index contributed by atoms with van der Waals surface area (Å²) in [7, 11) is 3.39. The zero-order valence-corrected chi connectivity index (χ0v) is 18.2. The van der Waals surface area contributed by atoms with Gasteiger partial charge in [0.25, 0.3) is 0 Å². The molecule has 2 aromatic heterocycles. The van der Waals surface area contributed by atoms with Gasteiger partial charge in [0, 0.05) is 25.5 Å². The van der Waals surface area contributed by atoms with E-state index in [-0.39, 0.29) is 6.04 Å². The van der Waals surface area contributed by atoms with E-state index in [1.807, 2.05) is 0 Å². The maximum atomic E-state index is 5.63. The fourth-order valence-corrected chi connectivity index (χ4v) is 4.63. The Kier molecular flexibility index (Phi) is 5.12. The molecule has 0 N–H and O–H groups in total. The van der Waals surface area contributed by atoms with Gasteiger partial charge in [-0.2, -0.15) is 0 Å². The molecule has 2 aromatic carbocycles. The molecule has 3 heterocycles. The van der Waals surface area contributed by atoms with Crippen LogP contribution in [0.25, 0.3) is 5.65 Å². The summed E-state index contributed by atoms with van der Waals surface area (Å²) < 4.78 is 13.3. The van der Waals surface area contributed by atoms with Gasteiger partial charge in [0.2, 0.25) is 0 Å². The Morgan fingerprint density at radius 1 is 0.968 bits per heavy atom. The summed E-state index contributed by atoms with van der Waals surface area (Å²) >= 11 is 0. The van der Waals surface area contributed by atoms with Crippen molar-refractivity contribution < 1.29 is 9.47 Å². The largest absolute Gasteiger partial charge is 0.493 e. The first-order valence-electron chi connectivity index (χ1n) is 10.6. The summed E-state index contributed by atoms with van der Waals surface area (Å²) in [6, 6.07) is 19.3. The van der Waals surface area contributed by atoms with Crippen LogP contribution in [-0.4, -0.2) is 35.0 Å². The fourth-order valence-electron chi connectivity index (χ4n) is 4.63. The summed E-state index contributed by atoms with van der Waals surface area (Å²) in [6.07, 6.45) is 5.24. The van der Waals surface area contributed by atoms with Gasteiger partial charge < -0.3 is 13.9 Å². The van der Waals surface area contributed by atoms with E-state index < -0.39 is 0 Å². The van der Waals surface area contributed by atoms with Crippen molar-refractivity contribution >= 4 is 5.65 Å². The summed E-state index contributed by atoms with van der Waals surface area (Å²) in [5.41, 5.74) is 7.15. The van der Waals surface area contributed by atoms with Crippen LogP contribution in [0.1, 0.15) is 34.0 Å². The molecule has 0 fully saturated rings. The van der Waals surface area contributed by atoms with E-state index in [4.69, 9.17) is 14.5 Å². The van der Waals surface area contributed by atoms with E-state index in [1.54, 1.807) is 14.2 Å². The number of fused-ring (bicyclic) bond motifs is 2. The van der Waals surface area contributed by atoms with Crippen LogP contribution in [0.5, 0.6) is 11.5 Å². The third-order valence-electron chi connectivity index (χ3n) is 6.10. The quantitative estimate of drug-likeness (QED) is 0.471. The molecule has 0 radical (unpaired) electrons.